The summed E-state index contributed by atoms with van der Waals surface area (Å²) in [6.07, 6.45) is 4.80. The van der Waals surface area contributed by atoms with Crippen molar-refractivity contribution in [2.45, 2.75) is 45.6 Å². The predicted molar refractivity (Wildman–Crippen MR) is 75.6 cm³/mol. The van der Waals surface area contributed by atoms with Crippen molar-refractivity contribution in [1.82, 2.24) is 0 Å². The molecule has 1 fully saturated rings. The lowest BCUT2D eigenvalue weighted by molar-refractivity contribution is 0.267. The SMILES string of the molecule is CC(C)C1CCC(Nc2cc(F)ccc2Cl)CC1. The van der Waals surface area contributed by atoms with Gasteiger partial charge < -0.3 is 5.32 Å². The molecule has 0 radical (unpaired) electrons. The van der Waals surface area contributed by atoms with E-state index in [0.717, 1.165) is 30.4 Å². The molecule has 3 heteroatoms. The van der Waals surface area contributed by atoms with Gasteiger partial charge in [-0.05, 0) is 55.7 Å². The summed E-state index contributed by atoms with van der Waals surface area (Å²) in [5.41, 5.74) is 0.727. The van der Waals surface area contributed by atoms with Gasteiger partial charge in [-0.3, -0.25) is 0 Å². The van der Waals surface area contributed by atoms with Gasteiger partial charge in [-0.15, -0.1) is 0 Å². The quantitative estimate of drug-likeness (QED) is 0.804. The molecule has 1 aliphatic carbocycles. The first-order valence-electron chi connectivity index (χ1n) is 6.78. The Labute approximate surface area is 114 Å². The molecule has 1 aromatic carbocycles. The average Bonchev–Trinajstić information content (AvgIpc) is 2.34. The van der Waals surface area contributed by atoms with Crippen molar-refractivity contribution >= 4 is 17.3 Å². The van der Waals surface area contributed by atoms with Gasteiger partial charge in [0.05, 0.1) is 10.7 Å². The summed E-state index contributed by atoms with van der Waals surface area (Å²) >= 11 is 6.07. The lowest BCUT2D eigenvalue weighted by Gasteiger charge is -2.32. The Morgan fingerprint density at radius 1 is 1.22 bits per heavy atom. The highest BCUT2D eigenvalue weighted by Gasteiger charge is 2.23. The van der Waals surface area contributed by atoms with E-state index in [4.69, 9.17) is 11.6 Å². The first-order chi connectivity index (χ1) is 8.56. The molecule has 1 nitrogen and oxygen atoms in total. The largest absolute Gasteiger partial charge is 0.381 e. The van der Waals surface area contributed by atoms with Crippen LogP contribution in [0.3, 0.4) is 0 Å². The number of benzene rings is 1. The van der Waals surface area contributed by atoms with Crippen LogP contribution in [0, 0.1) is 17.7 Å². The van der Waals surface area contributed by atoms with Crippen molar-refractivity contribution in [2.75, 3.05) is 5.32 Å². The summed E-state index contributed by atoms with van der Waals surface area (Å²) in [5.74, 6) is 1.37. The van der Waals surface area contributed by atoms with E-state index in [-0.39, 0.29) is 5.82 Å². The second-order valence-corrected chi connectivity index (χ2v) is 6.03. The van der Waals surface area contributed by atoms with E-state index in [9.17, 15) is 4.39 Å². The van der Waals surface area contributed by atoms with Gasteiger partial charge in [0.15, 0.2) is 0 Å². The van der Waals surface area contributed by atoms with E-state index in [1.807, 2.05) is 0 Å². The van der Waals surface area contributed by atoms with Gasteiger partial charge in [-0.2, -0.15) is 0 Å². The lowest BCUT2D eigenvalue weighted by atomic mass is 9.79. The molecule has 0 unspecified atom stereocenters. The van der Waals surface area contributed by atoms with Crippen molar-refractivity contribution in [2.24, 2.45) is 11.8 Å². The van der Waals surface area contributed by atoms with Crippen LogP contribution in [-0.4, -0.2) is 6.04 Å². The molecule has 0 amide bonds. The third-order valence-corrected chi connectivity index (χ3v) is 4.33. The van der Waals surface area contributed by atoms with E-state index >= 15 is 0 Å². The molecule has 18 heavy (non-hydrogen) atoms. The smallest absolute Gasteiger partial charge is 0.125 e. The van der Waals surface area contributed by atoms with Crippen LogP contribution in [0.15, 0.2) is 18.2 Å². The standard InChI is InChI=1S/C15H21ClFN/c1-10(2)11-3-6-13(7-4-11)18-15-9-12(17)5-8-14(15)16/h5,8-11,13,18H,3-4,6-7H2,1-2H3. The molecule has 1 saturated carbocycles. The molecule has 1 N–H and O–H groups in total. The number of anilines is 1. The molecule has 1 aliphatic rings. The molecule has 0 heterocycles. The topological polar surface area (TPSA) is 12.0 Å². The van der Waals surface area contributed by atoms with E-state index in [2.05, 4.69) is 19.2 Å². The van der Waals surface area contributed by atoms with E-state index in [1.165, 1.54) is 25.0 Å². The Hall–Kier alpha value is -0.760. The summed E-state index contributed by atoms with van der Waals surface area (Å²) in [4.78, 5) is 0. The molecule has 1 aromatic rings. The number of halogens is 2. The maximum atomic E-state index is 13.2. The van der Waals surface area contributed by atoms with Crippen molar-refractivity contribution in [3.63, 3.8) is 0 Å². The Bertz CT molecular complexity index is 397. The molecule has 0 spiro atoms. The number of hydrogen-bond acceptors (Lipinski definition) is 1. The molecule has 0 bridgehead atoms. The fraction of sp³-hybridized carbons (Fsp3) is 0.600. The highest BCUT2D eigenvalue weighted by atomic mass is 35.5. The second kappa shape index (κ2) is 5.92. The second-order valence-electron chi connectivity index (χ2n) is 5.62. The van der Waals surface area contributed by atoms with Crippen LogP contribution in [0.2, 0.25) is 5.02 Å². The van der Waals surface area contributed by atoms with E-state index in [0.29, 0.717) is 11.1 Å². The Morgan fingerprint density at radius 3 is 2.50 bits per heavy atom. The summed E-state index contributed by atoms with van der Waals surface area (Å²) in [5, 5.41) is 3.98. The van der Waals surface area contributed by atoms with Crippen LogP contribution in [-0.2, 0) is 0 Å². The molecule has 0 saturated heterocycles. The Kier molecular flexibility index (Phi) is 4.50. The van der Waals surface area contributed by atoms with Gasteiger partial charge in [0, 0.05) is 6.04 Å². The van der Waals surface area contributed by atoms with Crippen LogP contribution >= 0.6 is 11.6 Å². The first kappa shape index (κ1) is 13.7. The molecule has 2 rings (SSSR count). The Balaban J connectivity index is 1.93. The zero-order chi connectivity index (χ0) is 13.1. The highest BCUT2D eigenvalue weighted by Crippen LogP contribution is 2.32. The van der Waals surface area contributed by atoms with E-state index in [1.54, 1.807) is 6.07 Å². The lowest BCUT2D eigenvalue weighted by Crippen LogP contribution is -2.28. The van der Waals surface area contributed by atoms with Gasteiger partial charge >= 0.3 is 0 Å². The van der Waals surface area contributed by atoms with Crippen molar-refractivity contribution in [3.05, 3.63) is 29.0 Å². The maximum absolute atomic E-state index is 13.2. The van der Waals surface area contributed by atoms with Gasteiger partial charge in [-0.25, -0.2) is 4.39 Å². The van der Waals surface area contributed by atoms with Crippen molar-refractivity contribution in [3.8, 4) is 0 Å². The fourth-order valence-electron chi connectivity index (χ4n) is 2.76. The van der Waals surface area contributed by atoms with Gasteiger partial charge in [0.2, 0.25) is 0 Å². The number of rotatable bonds is 3. The molecule has 0 aliphatic heterocycles. The molecule has 0 aromatic heterocycles. The summed E-state index contributed by atoms with van der Waals surface area (Å²) in [7, 11) is 0. The molecule has 0 atom stereocenters. The van der Waals surface area contributed by atoms with Crippen LogP contribution in [0.4, 0.5) is 10.1 Å². The number of nitrogens with one attached hydrogen (secondary N) is 1. The number of hydrogen-bond donors (Lipinski definition) is 1. The van der Waals surface area contributed by atoms with Crippen molar-refractivity contribution in [1.29, 1.82) is 0 Å². The average molecular weight is 270 g/mol. The van der Waals surface area contributed by atoms with Gasteiger partial charge in [-0.1, -0.05) is 25.4 Å². The van der Waals surface area contributed by atoms with Crippen molar-refractivity contribution < 1.29 is 4.39 Å². The predicted octanol–water partition coefficient (Wildman–Crippen LogP) is 5.11. The third-order valence-electron chi connectivity index (χ3n) is 4.00. The minimum absolute atomic E-state index is 0.238. The zero-order valence-electron chi connectivity index (χ0n) is 11.0. The minimum atomic E-state index is -0.238. The van der Waals surface area contributed by atoms with Crippen LogP contribution in [0.1, 0.15) is 39.5 Å². The zero-order valence-corrected chi connectivity index (χ0v) is 11.8. The highest BCUT2D eigenvalue weighted by molar-refractivity contribution is 6.33. The van der Waals surface area contributed by atoms with Crippen LogP contribution in [0.5, 0.6) is 0 Å². The summed E-state index contributed by atoms with van der Waals surface area (Å²) in [6.45, 7) is 4.59. The van der Waals surface area contributed by atoms with Crippen LogP contribution < -0.4 is 5.32 Å². The summed E-state index contributed by atoms with van der Waals surface area (Å²) in [6, 6.07) is 4.92. The van der Waals surface area contributed by atoms with E-state index < -0.39 is 0 Å². The summed E-state index contributed by atoms with van der Waals surface area (Å²) < 4.78 is 13.2. The molecule has 100 valence electrons. The monoisotopic (exact) mass is 269 g/mol. The normalized spacial score (nSPS) is 24.3. The molecular weight excluding hydrogens is 249 g/mol. The van der Waals surface area contributed by atoms with Gasteiger partial charge in [0.25, 0.3) is 0 Å². The maximum Gasteiger partial charge on any atom is 0.125 e. The van der Waals surface area contributed by atoms with Crippen LogP contribution in [0.25, 0.3) is 0 Å². The fourth-order valence-corrected chi connectivity index (χ4v) is 2.93. The Morgan fingerprint density at radius 2 is 1.89 bits per heavy atom. The first-order valence-corrected chi connectivity index (χ1v) is 7.15. The minimum Gasteiger partial charge on any atom is -0.381 e. The molecular formula is C15H21ClFN. The van der Waals surface area contributed by atoms with Gasteiger partial charge in [0.1, 0.15) is 5.82 Å². The third kappa shape index (κ3) is 3.38.